The molecule has 1 aliphatic heterocycles. The van der Waals surface area contributed by atoms with E-state index in [0.717, 1.165) is 54.1 Å². The molecule has 1 atom stereocenters. The van der Waals surface area contributed by atoms with Gasteiger partial charge in [-0.1, -0.05) is 13.0 Å². The quantitative estimate of drug-likeness (QED) is 0.455. The molecule has 1 saturated heterocycles. The predicted octanol–water partition coefficient (Wildman–Crippen LogP) is 2.85. The molecule has 2 heterocycles. The number of nitrogens with zero attached hydrogens (tertiary/aromatic N) is 5. The van der Waals surface area contributed by atoms with Crippen LogP contribution in [0, 0.1) is 12.7 Å². The van der Waals surface area contributed by atoms with Gasteiger partial charge in [0.25, 0.3) is 0 Å². The van der Waals surface area contributed by atoms with Gasteiger partial charge in [0.15, 0.2) is 11.8 Å². The van der Waals surface area contributed by atoms with Gasteiger partial charge in [0.2, 0.25) is 0 Å². The fourth-order valence-corrected chi connectivity index (χ4v) is 4.48. The van der Waals surface area contributed by atoms with Crippen molar-refractivity contribution in [2.75, 3.05) is 25.9 Å². The SMILES string of the molecule is CCN1CCCC1CNC(=NCc1ccc(F)cc1CSC)NCc1nnc(C)n1C. The van der Waals surface area contributed by atoms with Crippen molar-refractivity contribution in [2.45, 2.75) is 51.6 Å². The van der Waals surface area contributed by atoms with Gasteiger partial charge in [0.05, 0.1) is 13.1 Å². The lowest BCUT2D eigenvalue weighted by atomic mass is 10.1. The number of aliphatic imine (C=N–C) groups is 1. The lowest BCUT2D eigenvalue weighted by Crippen LogP contribution is -2.44. The molecule has 0 bridgehead atoms. The van der Waals surface area contributed by atoms with Crippen LogP contribution in [0.4, 0.5) is 4.39 Å². The fraction of sp³-hybridized carbons (Fsp3) is 0.591. The van der Waals surface area contributed by atoms with E-state index in [1.54, 1.807) is 17.8 Å². The molecule has 9 heteroatoms. The number of thioether (sulfide) groups is 1. The fourth-order valence-electron chi connectivity index (χ4n) is 3.90. The van der Waals surface area contributed by atoms with Gasteiger partial charge in [-0.2, -0.15) is 11.8 Å². The van der Waals surface area contributed by atoms with Crippen LogP contribution in [0.2, 0.25) is 0 Å². The van der Waals surface area contributed by atoms with Crippen LogP contribution in [-0.2, 0) is 25.9 Å². The Labute approximate surface area is 188 Å². The summed E-state index contributed by atoms with van der Waals surface area (Å²) in [4.78, 5) is 7.32. The maximum Gasteiger partial charge on any atom is 0.192 e. The summed E-state index contributed by atoms with van der Waals surface area (Å²) in [7, 11) is 1.96. The van der Waals surface area contributed by atoms with Crippen LogP contribution < -0.4 is 10.6 Å². The number of likely N-dealkylation sites (tertiary alicyclic amines) is 1. The number of hydrogen-bond donors (Lipinski definition) is 2. The van der Waals surface area contributed by atoms with E-state index in [1.807, 2.05) is 30.9 Å². The van der Waals surface area contributed by atoms with Crippen LogP contribution in [0.25, 0.3) is 0 Å². The number of guanidine groups is 1. The first-order valence-electron chi connectivity index (χ1n) is 10.9. The molecule has 3 rings (SSSR count). The maximum absolute atomic E-state index is 13.7. The molecular weight excluding hydrogens is 413 g/mol. The van der Waals surface area contributed by atoms with Gasteiger partial charge < -0.3 is 15.2 Å². The molecule has 2 N–H and O–H groups in total. The van der Waals surface area contributed by atoms with Gasteiger partial charge in [0.1, 0.15) is 11.6 Å². The highest BCUT2D eigenvalue weighted by Crippen LogP contribution is 2.18. The second-order valence-electron chi connectivity index (χ2n) is 7.89. The smallest absolute Gasteiger partial charge is 0.192 e. The summed E-state index contributed by atoms with van der Waals surface area (Å²) >= 11 is 1.68. The third kappa shape index (κ3) is 6.43. The Kier molecular flexibility index (Phi) is 8.71. The Morgan fingerprint density at radius 1 is 1.29 bits per heavy atom. The van der Waals surface area contributed by atoms with E-state index < -0.39 is 0 Å². The van der Waals surface area contributed by atoms with Crippen molar-refractivity contribution in [1.82, 2.24) is 30.3 Å². The van der Waals surface area contributed by atoms with Crippen molar-refractivity contribution in [1.29, 1.82) is 0 Å². The number of rotatable bonds is 9. The molecule has 1 aromatic carbocycles. The third-order valence-corrected chi connectivity index (χ3v) is 6.48. The Bertz CT molecular complexity index is 883. The summed E-state index contributed by atoms with van der Waals surface area (Å²) in [5, 5.41) is 15.3. The number of hydrogen-bond acceptors (Lipinski definition) is 5. The highest BCUT2D eigenvalue weighted by Gasteiger charge is 2.23. The van der Waals surface area contributed by atoms with Crippen molar-refractivity contribution < 1.29 is 4.39 Å². The van der Waals surface area contributed by atoms with Crippen molar-refractivity contribution in [3.8, 4) is 0 Å². The summed E-state index contributed by atoms with van der Waals surface area (Å²) in [5.41, 5.74) is 2.04. The molecule has 0 saturated carbocycles. The molecule has 0 amide bonds. The largest absolute Gasteiger partial charge is 0.355 e. The van der Waals surface area contributed by atoms with Gasteiger partial charge in [-0.15, -0.1) is 10.2 Å². The first kappa shape index (κ1) is 23.5. The molecule has 0 spiro atoms. The summed E-state index contributed by atoms with van der Waals surface area (Å²) in [6, 6.07) is 5.48. The number of aryl methyl sites for hydroxylation is 1. The molecule has 0 aliphatic carbocycles. The maximum atomic E-state index is 13.7. The van der Waals surface area contributed by atoms with Crippen molar-refractivity contribution in [3.05, 3.63) is 46.8 Å². The van der Waals surface area contributed by atoms with Gasteiger partial charge in [0, 0.05) is 25.4 Å². The van der Waals surface area contributed by atoms with Crippen LogP contribution in [0.5, 0.6) is 0 Å². The standard InChI is InChI=1S/C22H34FN7S/c1-5-30-10-6-7-20(30)13-25-22(26-14-21-28-27-16(2)29(21)3)24-12-17-8-9-19(23)11-18(17)15-31-4/h8-9,11,20H,5-7,10,12-15H2,1-4H3,(H2,24,25,26). The predicted molar refractivity (Wildman–Crippen MR) is 126 cm³/mol. The molecule has 0 radical (unpaired) electrons. The van der Waals surface area contributed by atoms with E-state index in [9.17, 15) is 4.39 Å². The summed E-state index contributed by atoms with van der Waals surface area (Å²) in [5.74, 6) is 3.04. The molecule has 1 fully saturated rings. The minimum atomic E-state index is -0.202. The van der Waals surface area contributed by atoms with Crippen LogP contribution >= 0.6 is 11.8 Å². The molecule has 1 aliphatic rings. The lowest BCUT2D eigenvalue weighted by molar-refractivity contribution is 0.267. The van der Waals surface area contributed by atoms with E-state index in [2.05, 4.69) is 32.7 Å². The van der Waals surface area contributed by atoms with Gasteiger partial charge >= 0.3 is 0 Å². The minimum Gasteiger partial charge on any atom is -0.355 e. The van der Waals surface area contributed by atoms with E-state index >= 15 is 0 Å². The van der Waals surface area contributed by atoms with Crippen molar-refractivity contribution in [2.24, 2.45) is 12.0 Å². The molecule has 31 heavy (non-hydrogen) atoms. The van der Waals surface area contributed by atoms with E-state index in [0.29, 0.717) is 19.1 Å². The van der Waals surface area contributed by atoms with Crippen molar-refractivity contribution in [3.63, 3.8) is 0 Å². The van der Waals surface area contributed by atoms with Crippen LogP contribution in [0.3, 0.4) is 0 Å². The number of nitrogens with one attached hydrogen (secondary N) is 2. The number of likely N-dealkylation sites (N-methyl/N-ethyl adjacent to an activating group) is 1. The molecule has 2 aromatic rings. The zero-order chi connectivity index (χ0) is 22.2. The van der Waals surface area contributed by atoms with E-state index in [4.69, 9.17) is 4.99 Å². The highest BCUT2D eigenvalue weighted by molar-refractivity contribution is 7.97. The zero-order valence-corrected chi connectivity index (χ0v) is 19.8. The van der Waals surface area contributed by atoms with Crippen LogP contribution in [-0.4, -0.2) is 57.6 Å². The first-order valence-corrected chi connectivity index (χ1v) is 12.3. The zero-order valence-electron chi connectivity index (χ0n) is 19.0. The third-order valence-electron chi connectivity index (χ3n) is 5.88. The second kappa shape index (κ2) is 11.5. The summed E-state index contributed by atoms with van der Waals surface area (Å²) in [6.07, 6.45) is 4.47. The number of benzene rings is 1. The average molecular weight is 448 g/mol. The van der Waals surface area contributed by atoms with E-state index in [-0.39, 0.29) is 5.82 Å². The van der Waals surface area contributed by atoms with Crippen LogP contribution in [0.15, 0.2) is 23.2 Å². The normalized spacial score (nSPS) is 17.3. The summed E-state index contributed by atoms with van der Waals surface area (Å²) in [6.45, 7) is 8.25. The Morgan fingerprint density at radius 3 is 2.84 bits per heavy atom. The lowest BCUT2D eigenvalue weighted by Gasteiger charge is -2.24. The molecule has 7 nitrogen and oxygen atoms in total. The Balaban J connectivity index is 1.71. The first-order chi connectivity index (χ1) is 15.0. The second-order valence-corrected chi connectivity index (χ2v) is 8.76. The van der Waals surface area contributed by atoms with Crippen molar-refractivity contribution >= 4 is 17.7 Å². The van der Waals surface area contributed by atoms with Gasteiger partial charge in [-0.25, -0.2) is 9.38 Å². The van der Waals surface area contributed by atoms with Crippen LogP contribution in [0.1, 0.15) is 42.5 Å². The summed E-state index contributed by atoms with van der Waals surface area (Å²) < 4.78 is 15.7. The van der Waals surface area contributed by atoms with E-state index in [1.165, 1.54) is 18.9 Å². The van der Waals surface area contributed by atoms with Gasteiger partial charge in [-0.05, 0) is 62.4 Å². The molecule has 1 aromatic heterocycles. The monoisotopic (exact) mass is 447 g/mol. The molecular formula is C22H34FN7S. The number of halogens is 1. The van der Waals surface area contributed by atoms with Gasteiger partial charge in [-0.3, -0.25) is 4.90 Å². The number of aromatic nitrogens is 3. The average Bonchev–Trinajstić information content (AvgIpc) is 3.35. The topological polar surface area (TPSA) is 70.4 Å². The minimum absolute atomic E-state index is 0.202. The Hall–Kier alpha value is -2.13. The Morgan fingerprint density at radius 2 is 2.13 bits per heavy atom. The molecule has 1 unspecified atom stereocenters. The molecule has 170 valence electrons. The highest BCUT2D eigenvalue weighted by atomic mass is 32.2.